The average molecular weight is 333 g/mol. The Balaban J connectivity index is 1.55. The quantitative estimate of drug-likeness (QED) is 0.865. The maximum absolute atomic E-state index is 12.0. The molecule has 1 aromatic rings. The van der Waals surface area contributed by atoms with Gasteiger partial charge >= 0.3 is 12.1 Å². The van der Waals surface area contributed by atoms with E-state index in [1.807, 2.05) is 30.3 Å². The Bertz CT molecular complexity index is 584. The Morgan fingerprint density at radius 2 is 2.08 bits per heavy atom. The maximum Gasteiger partial charge on any atom is 0.408 e. The van der Waals surface area contributed by atoms with Crippen LogP contribution in [0.25, 0.3) is 0 Å². The van der Waals surface area contributed by atoms with Crippen molar-refractivity contribution in [3.05, 3.63) is 35.9 Å². The van der Waals surface area contributed by atoms with Crippen LogP contribution in [0.4, 0.5) is 4.79 Å². The third kappa shape index (κ3) is 3.87. The lowest BCUT2D eigenvalue weighted by Crippen LogP contribution is -2.53. The van der Waals surface area contributed by atoms with Gasteiger partial charge in [-0.15, -0.1) is 0 Å². The number of carboxylic acids is 1. The molecule has 1 amide bonds. The maximum atomic E-state index is 12.0. The van der Waals surface area contributed by atoms with Crippen molar-refractivity contribution in [2.75, 3.05) is 6.61 Å². The molecular weight excluding hydrogens is 310 g/mol. The van der Waals surface area contributed by atoms with Gasteiger partial charge in [-0.1, -0.05) is 30.3 Å². The molecule has 24 heavy (non-hydrogen) atoms. The first kappa shape index (κ1) is 16.8. The van der Waals surface area contributed by atoms with Crippen LogP contribution in [0.3, 0.4) is 0 Å². The van der Waals surface area contributed by atoms with Crippen molar-refractivity contribution in [2.24, 2.45) is 5.92 Å². The minimum Gasteiger partial charge on any atom is -0.480 e. The van der Waals surface area contributed by atoms with Crippen molar-refractivity contribution in [2.45, 2.75) is 50.4 Å². The number of benzene rings is 1. The Hall–Kier alpha value is -2.08. The van der Waals surface area contributed by atoms with Gasteiger partial charge in [-0.3, -0.25) is 0 Å². The molecule has 1 saturated carbocycles. The summed E-state index contributed by atoms with van der Waals surface area (Å²) in [6, 6.07) is 8.36. The molecule has 0 aromatic heterocycles. The summed E-state index contributed by atoms with van der Waals surface area (Å²) in [6.45, 7) is 0.673. The van der Waals surface area contributed by atoms with E-state index >= 15 is 0 Å². The Labute approximate surface area is 141 Å². The van der Waals surface area contributed by atoms with Gasteiger partial charge in [-0.25, -0.2) is 9.59 Å². The third-order valence-electron chi connectivity index (χ3n) is 5.02. The number of hydrogen-bond donors (Lipinski definition) is 2. The van der Waals surface area contributed by atoms with Gasteiger partial charge in [-0.2, -0.15) is 0 Å². The highest BCUT2D eigenvalue weighted by Gasteiger charge is 2.46. The predicted molar refractivity (Wildman–Crippen MR) is 86.4 cm³/mol. The van der Waals surface area contributed by atoms with Crippen molar-refractivity contribution in [3.8, 4) is 0 Å². The fourth-order valence-electron chi connectivity index (χ4n) is 3.54. The molecule has 1 aliphatic carbocycles. The van der Waals surface area contributed by atoms with Gasteiger partial charge in [0.1, 0.15) is 12.6 Å². The first-order chi connectivity index (χ1) is 11.6. The van der Waals surface area contributed by atoms with Crippen LogP contribution < -0.4 is 5.32 Å². The summed E-state index contributed by atoms with van der Waals surface area (Å²) in [7, 11) is 0. The van der Waals surface area contributed by atoms with E-state index in [2.05, 4.69) is 5.32 Å². The van der Waals surface area contributed by atoms with Crippen molar-refractivity contribution in [3.63, 3.8) is 0 Å². The molecule has 1 heterocycles. The summed E-state index contributed by atoms with van der Waals surface area (Å²) >= 11 is 0. The molecule has 1 aliphatic heterocycles. The summed E-state index contributed by atoms with van der Waals surface area (Å²) in [5, 5.41) is 12.0. The molecule has 2 aliphatic rings. The van der Waals surface area contributed by atoms with Gasteiger partial charge in [-0.05, 0) is 43.6 Å². The number of carbonyl (C=O) groups is 2. The molecule has 2 atom stereocenters. The van der Waals surface area contributed by atoms with Crippen LogP contribution in [-0.2, 0) is 20.9 Å². The van der Waals surface area contributed by atoms with Gasteiger partial charge in [0.05, 0.1) is 5.60 Å². The van der Waals surface area contributed by atoms with E-state index in [-0.39, 0.29) is 18.1 Å². The fraction of sp³-hybridized carbons (Fsp3) is 0.556. The number of alkyl carbamates (subject to hydrolysis) is 1. The molecule has 2 fully saturated rings. The van der Waals surface area contributed by atoms with Gasteiger partial charge in [0.2, 0.25) is 0 Å². The predicted octanol–water partition coefficient (Wildman–Crippen LogP) is 2.72. The van der Waals surface area contributed by atoms with Crippen LogP contribution in [0.15, 0.2) is 30.3 Å². The lowest BCUT2D eigenvalue weighted by atomic mass is 9.70. The number of ether oxygens (including phenoxy) is 2. The highest BCUT2D eigenvalue weighted by Crippen LogP contribution is 2.45. The standard InChI is InChI=1S/C18H23NO5/c20-16(21)15(14-7-10-24-18(11-14)8-4-9-18)19-17(22)23-12-13-5-2-1-3-6-13/h1-3,5-6,14-15H,4,7-12H2,(H,19,22)(H,20,21). The van der Waals surface area contributed by atoms with Crippen LogP contribution in [0.5, 0.6) is 0 Å². The highest BCUT2D eigenvalue weighted by atomic mass is 16.5. The van der Waals surface area contributed by atoms with E-state index in [4.69, 9.17) is 9.47 Å². The molecule has 1 aromatic carbocycles. The summed E-state index contributed by atoms with van der Waals surface area (Å²) in [4.78, 5) is 23.6. The zero-order valence-corrected chi connectivity index (χ0v) is 13.6. The van der Waals surface area contributed by atoms with Crippen LogP contribution >= 0.6 is 0 Å². The van der Waals surface area contributed by atoms with Crippen LogP contribution in [0.2, 0.25) is 0 Å². The Kier molecular flexibility index (Phi) is 5.04. The topological polar surface area (TPSA) is 84.9 Å². The second-order valence-corrected chi connectivity index (χ2v) is 6.66. The van der Waals surface area contributed by atoms with Gasteiger partial charge < -0.3 is 19.9 Å². The molecule has 6 heteroatoms. The largest absolute Gasteiger partial charge is 0.480 e. The zero-order valence-electron chi connectivity index (χ0n) is 13.6. The number of aliphatic carboxylic acids is 1. The van der Waals surface area contributed by atoms with Crippen LogP contribution in [0, 0.1) is 5.92 Å². The second-order valence-electron chi connectivity index (χ2n) is 6.66. The summed E-state index contributed by atoms with van der Waals surface area (Å²) in [5.74, 6) is -1.14. The SMILES string of the molecule is O=C(NC(C(=O)O)C1CCOC2(CCC2)C1)OCc1ccccc1. The molecule has 0 radical (unpaired) electrons. The minimum atomic E-state index is -1.02. The first-order valence-corrected chi connectivity index (χ1v) is 8.42. The third-order valence-corrected chi connectivity index (χ3v) is 5.02. The van der Waals surface area contributed by atoms with E-state index in [1.54, 1.807) is 0 Å². The fourth-order valence-corrected chi connectivity index (χ4v) is 3.54. The summed E-state index contributed by atoms with van der Waals surface area (Å²) < 4.78 is 11.0. The molecule has 1 saturated heterocycles. The second kappa shape index (κ2) is 7.21. The molecule has 3 rings (SSSR count). The average Bonchev–Trinajstić information content (AvgIpc) is 2.57. The molecule has 2 N–H and O–H groups in total. The number of hydrogen-bond acceptors (Lipinski definition) is 4. The van der Waals surface area contributed by atoms with E-state index in [1.165, 1.54) is 0 Å². The zero-order chi connectivity index (χ0) is 17.0. The Morgan fingerprint density at radius 3 is 2.71 bits per heavy atom. The van der Waals surface area contributed by atoms with Crippen LogP contribution in [-0.4, -0.2) is 35.4 Å². The summed E-state index contributed by atoms with van der Waals surface area (Å²) in [5.41, 5.74) is 0.700. The van der Waals surface area contributed by atoms with Gasteiger partial charge in [0.25, 0.3) is 0 Å². The number of carbonyl (C=O) groups excluding carboxylic acids is 1. The molecule has 1 spiro atoms. The number of carboxylic acid groups (broad SMARTS) is 1. The number of amides is 1. The van der Waals surface area contributed by atoms with E-state index in [0.717, 1.165) is 24.8 Å². The van der Waals surface area contributed by atoms with E-state index in [0.29, 0.717) is 19.4 Å². The molecule has 130 valence electrons. The molecule has 6 nitrogen and oxygen atoms in total. The Morgan fingerprint density at radius 1 is 1.33 bits per heavy atom. The number of nitrogens with one attached hydrogen (secondary N) is 1. The van der Waals surface area contributed by atoms with Crippen LogP contribution in [0.1, 0.15) is 37.7 Å². The van der Waals surface area contributed by atoms with E-state index in [9.17, 15) is 14.7 Å². The first-order valence-electron chi connectivity index (χ1n) is 8.42. The van der Waals surface area contributed by atoms with Gasteiger partial charge in [0.15, 0.2) is 0 Å². The molecule has 2 unspecified atom stereocenters. The monoisotopic (exact) mass is 333 g/mol. The normalized spacial score (nSPS) is 23.1. The lowest BCUT2D eigenvalue weighted by molar-refractivity contribution is -0.158. The highest BCUT2D eigenvalue weighted by molar-refractivity contribution is 5.80. The van der Waals surface area contributed by atoms with E-state index < -0.39 is 18.1 Å². The molecule has 0 bridgehead atoms. The van der Waals surface area contributed by atoms with Crippen molar-refractivity contribution in [1.29, 1.82) is 0 Å². The van der Waals surface area contributed by atoms with Crippen molar-refractivity contribution < 1.29 is 24.2 Å². The van der Waals surface area contributed by atoms with Crippen molar-refractivity contribution >= 4 is 12.1 Å². The molecular formula is C18H23NO5. The number of rotatable bonds is 5. The smallest absolute Gasteiger partial charge is 0.408 e. The van der Waals surface area contributed by atoms with Gasteiger partial charge in [0, 0.05) is 6.61 Å². The lowest BCUT2D eigenvalue weighted by Gasteiger charge is -2.48. The van der Waals surface area contributed by atoms with Crippen molar-refractivity contribution in [1.82, 2.24) is 5.32 Å². The summed E-state index contributed by atoms with van der Waals surface area (Å²) in [6.07, 6.45) is 3.71. The minimum absolute atomic E-state index is 0.122.